The maximum absolute atomic E-state index is 12.7. The molecule has 0 bridgehead atoms. The number of nitrogens with two attached hydrogens (primary N) is 1. The number of rotatable bonds is 6. The first-order valence-corrected chi connectivity index (χ1v) is 9.93. The van der Waals surface area contributed by atoms with E-state index in [0.29, 0.717) is 22.3 Å². The van der Waals surface area contributed by atoms with Gasteiger partial charge in [0.2, 0.25) is 0 Å². The van der Waals surface area contributed by atoms with Gasteiger partial charge >= 0.3 is 0 Å². The molecular formula is C26H21N3O2. The van der Waals surface area contributed by atoms with Crippen LogP contribution in [0.2, 0.25) is 0 Å². The number of benzene rings is 3. The molecule has 0 spiro atoms. The standard InChI is InChI=1S/C26H21N3O2/c1-31-25-23(26(28)30)22-20(19(15-16-27)17-9-4-2-5-10-17)13-8-14-21(22)29-24(25)18-11-6-3-7-12-18/h2-14,19H,15H2,1H3,(H2,28,30)/t19-/m0/s1. The van der Waals surface area contributed by atoms with E-state index in [1.165, 1.54) is 7.11 Å². The van der Waals surface area contributed by atoms with E-state index in [9.17, 15) is 10.1 Å². The van der Waals surface area contributed by atoms with E-state index in [0.717, 1.165) is 16.7 Å². The van der Waals surface area contributed by atoms with Gasteiger partial charge < -0.3 is 10.5 Å². The van der Waals surface area contributed by atoms with Gasteiger partial charge in [0.15, 0.2) is 5.75 Å². The van der Waals surface area contributed by atoms with Crippen LogP contribution in [0.4, 0.5) is 0 Å². The Morgan fingerprint density at radius 3 is 2.32 bits per heavy atom. The summed E-state index contributed by atoms with van der Waals surface area (Å²) in [4.78, 5) is 17.5. The lowest BCUT2D eigenvalue weighted by atomic mass is 9.85. The molecule has 152 valence electrons. The minimum Gasteiger partial charge on any atom is -0.494 e. The average molecular weight is 407 g/mol. The Bertz CT molecular complexity index is 1280. The fraction of sp³-hybridized carbons (Fsp3) is 0.115. The van der Waals surface area contributed by atoms with Crippen molar-refractivity contribution in [3.8, 4) is 23.1 Å². The van der Waals surface area contributed by atoms with E-state index in [-0.39, 0.29) is 17.9 Å². The molecule has 1 aromatic heterocycles. The summed E-state index contributed by atoms with van der Waals surface area (Å²) in [7, 11) is 1.51. The third-order valence-electron chi connectivity index (χ3n) is 5.37. The van der Waals surface area contributed by atoms with E-state index in [1.54, 1.807) is 0 Å². The van der Waals surface area contributed by atoms with Crippen molar-refractivity contribution in [1.82, 2.24) is 4.98 Å². The lowest BCUT2D eigenvalue weighted by Gasteiger charge is -2.21. The number of hydrogen-bond acceptors (Lipinski definition) is 4. The second-order valence-corrected chi connectivity index (χ2v) is 7.17. The number of aromatic nitrogens is 1. The minimum absolute atomic E-state index is 0.234. The lowest BCUT2D eigenvalue weighted by molar-refractivity contribution is 0.0999. The molecule has 4 rings (SSSR count). The normalized spacial score (nSPS) is 11.6. The number of ether oxygens (including phenoxy) is 1. The van der Waals surface area contributed by atoms with Gasteiger partial charge in [0.25, 0.3) is 5.91 Å². The number of nitrogens with zero attached hydrogens (tertiary/aromatic N) is 2. The Morgan fingerprint density at radius 1 is 1.03 bits per heavy atom. The minimum atomic E-state index is -0.599. The van der Waals surface area contributed by atoms with Gasteiger partial charge in [-0.15, -0.1) is 0 Å². The second kappa shape index (κ2) is 8.68. The van der Waals surface area contributed by atoms with E-state index >= 15 is 0 Å². The topological polar surface area (TPSA) is 89.0 Å². The zero-order valence-electron chi connectivity index (χ0n) is 17.1. The van der Waals surface area contributed by atoms with Crippen molar-refractivity contribution in [2.75, 3.05) is 7.11 Å². The number of carbonyl (C=O) groups is 1. The third-order valence-corrected chi connectivity index (χ3v) is 5.37. The molecule has 0 unspecified atom stereocenters. The summed E-state index contributed by atoms with van der Waals surface area (Å²) in [6, 6.07) is 27.2. The van der Waals surface area contributed by atoms with Crippen LogP contribution in [0.3, 0.4) is 0 Å². The summed E-state index contributed by atoms with van der Waals surface area (Å²) >= 11 is 0. The summed E-state index contributed by atoms with van der Waals surface area (Å²) in [6.45, 7) is 0. The molecular weight excluding hydrogens is 386 g/mol. The quantitative estimate of drug-likeness (QED) is 0.484. The Balaban J connectivity index is 2.08. The highest BCUT2D eigenvalue weighted by atomic mass is 16.5. The van der Waals surface area contributed by atoms with E-state index in [4.69, 9.17) is 15.5 Å². The van der Waals surface area contributed by atoms with Crippen LogP contribution in [-0.4, -0.2) is 18.0 Å². The van der Waals surface area contributed by atoms with Crippen LogP contribution in [-0.2, 0) is 0 Å². The molecule has 3 aromatic carbocycles. The van der Waals surface area contributed by atoms with Crippen molar-refractivity contribution in [2.45, 2.75) is 12.3 Å². The van der Waals surface area contributed by atoms with Crippen LogP contribution in [0.25, 0.3) is 22.2 Å². The molecule has 5 heteroatoms. The average Bonchev–Trinajstić information content (AvgIpc) is 2.82. The van der Waals surface area contributed by atoms with Crippen LogP contribution in [0.15, 0.2) is 78.9 Å². The molecule has 0 radical (unpaired) electrons. The van der Waals surface area contributed by atoms with Gasteiger partial charge in [0.05, 0.1) is 24.3 Å². The van der Waals surface area contributed by atoms with E-state index < -0.39 is 5.91 Å². The number of amides is 1. The van der Waals surface area contributed by atoms with Crippen molar-refractivity contribution in [3.05, 3.63) is 95.6 Å². The van der Waals surface area contributed by atoms with Crippen molar-refractivity contribution in [3.63, 3.8) is 0 Å². The van der Waals surface area contributed by atoms with Gasteiger partial charge in [0.1, 0.15) is 5.69 Å². The van der Waals surface area contributed by atoms with Crippen LogP contribution < -0.4 is 10.5 Å². The Labute approximate surface area is 180 Å². The highest BCUT2D eigenvalue weighted by Crippen LogP contribution is 2.41. The van der Waals surface area contributed by atoms with E-state index in [2.05, 4.69) is 6.07 Å². The van der Waals surface area contributed by atoms with Crippen molar-refractivity contribution >= 4 is 16.8 Å². The first-order valence-electron chi connectivity index (χ1n) is 9.93. The zero-order chi connectivity index (χ0) is 21.8. The Kier molecular flexibility index (Phi) is 5.63. The fourth-order valence-electron chi connectivity index (χ4n) is 4.03. The Morgan fingerprint density at radius 2 is 1.71 bits per heavy atom. The molecule has 2 N–H and O–H groups in total. The molecule has 0 saturated carbocycles. The molecule has 5 nitrogen and oxygen atoms in total. The third kappa shape index (κ3) is 3.72. The van der Waals surface area contributed by atoms with Gasteiger partial charge in [0, 0.05) is 23.3 Å². The Hall–Kier alpha value is -4.17. The summed E-state index contributed by atoms with van der Waals surface area (Å²) in [5.74, 6) is -0.498. The number of primary amides is 1. The van der Waals surface area contributed by atoms with Crippen molar-refractivity contribution < 1.29 is 9.53 Å². The van der Waals surface area contributed by atoms with Crippen molar-refractivity contribution in [1.29, 1.82) is 5.26 Å². The van der Waals surface area contributed by atoms with E-state index in [1.807, 2.05) is 78.9 Å². The van der Waals surface area contributed by atoms with Crippen LogP contribution in [0, 0.1) is 11.3 Å². The molecule has 0 aliphatic carbocycles. The largest absolute Gasteiger partial charge is 0.494 e. The molecule has 31 heavy (non-hydrogen) atoms. The van der Waals surface area contributed by atoms with Crippen LogP contribution >= 0.6 is 0 Å². The molecule has 0 fully saturated rings. The molecule has 0 saturated heterocycles. The highest BCUT2D eigenvalue weighted by Gasteiger charge is 2.26. The van der Waals surface area contributed by atoms with Gasteiger partial charge in [-0.25, -0.2) is 4.98 Å². The molecule has 1 heterocycles. The number of hydrogen-bond donors (Lipinski definition) is 1. The van der Waals surface area contributed by atoms with Crippen LogP contribution in [0.5, 0.6) is 5.75 Å². The van der Waals surface area contributed by atoms with Gasteiger partial charge in [-0.1, -0.05) is 72.8 Å². The maximum atomic E-state index is 12.7. The highest BCUT2D eigenvalue weighted by molar-refractivity contribution is 6.11. The number of fused-ring (bicyclic) bond motifs is 1. The molecule has 0 aliphatic heterocycles. The predicted molar refractivity (Wildman–Crippen MR) is 121 cm³/mol. The smallest absolute Gasteiger partial charge is 0.253 e. The first-order chi connectivity index (χ1) is 15.2. The van der Waals surface area contributed by atoms with Gasteiger partial charge in [-0.3, -0.25) is 4.79 Å². The van der Waals surface area contributed by atoms with Crippen LogP contribution in [0.1, 0.15) is 33.8 Å². The van der Waals surface area contributed by atoms with Crippen molar-refractivity contribution in [2.24, 2.45) is 5.73 Å². The maximum Gasteiger partial charge on any atom is 0.253 e. The fourth-order valence-corrected chi connectivity index (χ4v) is 4.03. The number of carbonyl (C=O) groups excluding carboxylic acids is 1. The number of pyridine rings is 1. The number of nitriles is 1. The lowest BCUT2D eigenvalue weighted by Crippen LogP contribution is -2.16. The predicted octanol–water partition coefficient (Wildman–Crippen LogP) is 5.05. The number of methoxy groups -OCH3 is 1. The summed E-state index contributed by atoms with van der Waals surface area (Å²) in [6.07, 6.45) is 0.254. The molecule has 1 atom stereocenters. The summed E-state index contributed by atoms with van der Waals surface area (Å²) in [5, 5.41) is 10.1. The summed E-state index contributed by atoms with van der Waals surface area (Å²) < 4.78 is 5.67. The first kappa shape index (κ1) is 20.1. The summed E-state index contributed by atoms with van der Waals surface area (Å²) in [5.41, 5.74) is 9.97. The van der Waals surface area contributed by atoms with Gasteiger partial charge in [-0.2, -0.15) is 5.26 Å². The SMILES string of the molecule is COc1c(-c2ccccc2)nc2cccc([C@@H](CC#N)c3ccccc3)c2c1C(N)=O. The molecule has 0 aliphatic rings. The monoisotopic (exact) mass is 407 g/mol. The molecule has 1 amide bonds. The second-order valence-electron chi connectivity index (χ2n) is 7.17. The molecule has 4 aromatic rings. The van der Waals surface area contributed by atoms with Gasteiger partial charge in [-0.05, 0) is 17.2 Å². The zero-order valence-corrected chi connectivity index (χ0v) is 17.1.